The molecule has 0 unspecified atom stereocenters. The fraction of sp³-hybridized carbons (Fsp3) is 0.500. The largest absolute Gasteiger partial charge is 0.341 e. The Kier molecular flexibility index (Phi) is 5.08. The monoisotopic (exact) mass is 264 g/mol. The van der Waals surface area contributed by atoms with Crippen molar-refractivity contribution in [3.8, 4) is 0 Å². The molecule has 0 aromatic heterocycles. The van der Waals surface area contributed by atoms with Crippen molar-refractivity contribution in [2.24, 2.45) is 11.7 Å². The molecule has 1 aromatic carbocycles. The zero-order chi connectivity index (χ0) is 12.8. The number of hydrogen-bond donors (Lipinski definition) is 1. The third-order valence-electron chi connectivity index (χ3n) is 3.28. The van der Waals surface area contributed by atoms with Gasteiger partial charge in [0.05, 0.1) is 5.92 Å². The highest BCUT2D eigenvalue weighted by Gasteiger charge is 2.24. The van der Waals surface area contributed by atoms with E-state index < -0.39 is 0 Å². The second-order valence-corrected chi connectivity index (χ2v) is 5.78. The lowest BCUT2D eigenvalue weighted by Crippen LogP contribution is -2.44. The molecule has 4 heteroatoms. The summed E-state index contributed by atoms with van der Waals surface area (Å²) in [7, 11) is 0. The normalized spacial score (nSPS) is 17.5. The fourth-order valence-electron chi connectivity index (χ4n) is 2.21. The molecule has 0 spiro atoms. The van der Waals surface area contributed by atoms with Crippen LogP contribution in [0.3, 0.4) is 0 Å². The van der Waals surface area contributed by atoms with Crippen molar-refractivity contribution in [1.29, 1.82) is 0 Å². The first-order chi connectivity index (χ1) is 8.81. The van der Waals surface area contributed by atoms with Gasteiger partial charge in [-0.15, -0.1) is 0 Å². The number of nitrogens with two attached hydrogens (primary N) is 1. The molecule has 18 heavy (non-hydrogen) atoms. The van der Waals surface area contributed by atoms with E-state index in [2.05, 4.69) is 12.1 Å². The van der Waals surface area contributed by atoms with Crippen molar-refractivity contribution in [2.75, 3.05) is 31.1 Å². The number of carbonyl (C=O) groups excluding carboxylic acids is 1. The smallest absolute Gasteiger partial charge is 0.227 e. The summed E-state index contributed by atoms with van der Waals surface area (Å²) < 4.78 is 0. The van der Waals surface area contributed by atoms with Gasteiger partial charge >= 0.3 is 0 Å². The van der Waals surface area contributed by atoms with Gasteiger partial charge < -0.3 is 10.6 Å². The molecule has 0 saturated carbocycles. The highest BCUT2D eigenvalue weighted by atomic mass is 32.2. The van der Waals surface area contributed by atoms with E-state index >= 15 is 0 Å². The van der Waals surface area contributed by atoms with E-state index in [-0.39, 0.29) is 11.8 Å². The molecule has 1 amide bonds. The van der Waals surface area contributed by atoms with Crippen molar-refractivity contribution in [1.82, 2.24) is 4.90 Å². The lowest BCUT2D eigenvalue weighted by Gasteiger charge is -2.29. The Labute approximate surface area is 113 Å². The molecule has 2 N–H and O–H groups in total. The molecule has 3 nitrogen and oxygen atoms in total. The minimum absolute atomic E-state index is 0.0736. The van der Waals surface area contributed by atoms with Crippen LogP contribution in [-0.2, 0) is 11.2 Å². The van der Waals surface area contributed by atoms with Crippen LogP contribution in [0.25, 0.3) is 0 Å². The van der Waals surface area contributed by atoms with Crippen molar-refractivity contribution in [3.63, 3.8) is 0 Å². The minimum atomic E-state index is -0.0736. The molecular weight excluding hydrogens is 244 g/mol. The predicted octanol–water partition coefficient (Wildman–Crippen LogP) is 1.38. The summed E-state index contributed by atoms with van der Waals surface area (Å²) in [6, 6.07) is 10.1. The van der Waals surface area contributed by atoms with Crippen LogP contribution in [0.2, 0.25) is 0 Å². The molecule has 1 aliphatic heterocycles. The number of rotatable bonds is 4. The first-order valence-corrected chi connectivity index (χ1v) is 7.57. The molecule has 0 bridgehead atoms. The number of thioether (sulfide) groups is 1. The van der Waals surface area contributed by atoms with Gasteiger partial charge in [-0.1, -0.05) is 30.3 Å². The molecule has 1 atom stereocenters. The van der Waals surface area contributed by atoms with Crippen LogP contribution in [0.5, 0.6) is 0 Å². The van der Waals surface area contributed by atoms with Gasteiger partial charge in [-0.05, 0) is 12.0 Å². The van der Waals surface area contributed by atoms with E-state index in [0.29, 0.717) is 6.54 Å². The summed E-state index contributed by atoms with van der Waals surface area (Å²) in [5.74, 6) is 2.25. The van der Waals surface area contributed by atoms with E-state index in [9.17, 15) is 4.79 Å². The second kappa shape index (κ2) is 6.81. The van der Waals surface area contributed by atoms with E-state index in [4.69, 9.17) is 5.73 Å². The average Bonchev–Trinajstić information content (AvgIpc) is 2.46. The molecule has 1 fully saturated rings. The lowest BCUT2D eigenvalue weighted by atomic mass is 9.98. The zero-order valence-electron chi connectivity index (χ0n) is 10.5. The summed E-state index contributed by atoms with van der Waals surface area (Å²) in [6.45, 7) is 2.17. The molecule has 1 saturated heterocycles. The highest BCUT2D eigenvalue weighted by Crippen LogP contribution is 2.15. The summed E-state index contributed by atoms with van der Waals surface area (Å²) in [6.07, 6.45) is 0.750. The SMILES string of the molecule is NC[C@H](Cc1ccccc1)C(=O)N1CCSCC1. The van der Waals surface area contributed by atoms with Crippen molar-refractivity contribution >= 4 is 17.7 Å². The highest BCUT2D eigenvalue weighted by molar-refractivity contribution is 7.99. The van der Waals surface area contributed by atoms with Crippen LogP contribution < -0.4 is 5.73 Å². The summed E-state index contributed by atoms with van der Waals surface area (Å²) in [4.78, 5) is 14.3. The van der Waals surface area contributed by atoms with Gasteiger partial charge in [0.15, 0.2) is 0 Å². The number of amides is 1. The van der Waals surface area contributed by atoms with Crippen LogP contribution in [0.15, 0.2) is 30.3 Å². The Morgan fingerprint density at radius 1 is 1.28 bits per heavy atom. The minimum Gasteiger partial charge on any atom is -0.341 e. The molecule has 1 aromatic rings. The quantitative estimate of drug-likeness (QED) is 0.893. The molecule has 2 rings (SSSR count). The standard InChI is InChI=1S/C14H20N2OS/c15-11-13(10-12-4-2-1-3-5-12)14(17)16-6-8-18-9-7-16/h1-5,13H,6-11,15H2/t13-/m0/s1. The molecule has 1 aliphatic rings. The maximum atomic E-state index is 12.4. The van der Waals surface area contributed by atoms with Crippen LogP contribution in [0, 0.1) is 5.92 Å². The topological polar surface area (TPSA) is 46.3 Å². The van der Waals surface area contributed by atoms with E-state index in [1.165, 1.54) is 5.56 Å². The van der Waals surface area contributed by atoms with Crippen LogP contribution in [0.1, 0.15) is 5.56 Å². The molecule has 0 radical (unpaired) electrons. The first kappa shape index (κ1) is 13.4. The lowest BCUT2D eigenvalue weighted by molar-refractivity contribution is -0.134. The van der Waals surface area contributed by atoms with Gasteiger partial charge in [-0.25, -0.2) is 0 Å². The van der Waals surface area contributed by atoms with Crippen molar-refractivity contribution in [2.45, 2.75) is 6.42 Å². The Morgan fingerprint density at radius 2 is 1.94 bits per heavy atom. The zero-order valence-corrected chi connectivity index (χ0v) is 11.4. The number of hydrogen-bond acceptors (Lipinski definition) is 3. The number of nitrogens with zero attached hydrogens (tertiary/aromatic N) is 1. The van der Waals surface area contributed by atoms with E-state index in [0.717, 1.165) is 31.0 Å². The molecule has 0 aliphatic carbocycles. The van der Waals surface area contributed by atoms with Crippen molar-refractivity contribution < 1.29 is 4.79 Å². The van der Waals surface area contributed by atoms with Crippen LogP contribution in [-0.4, -0.2) is 41.9 Å². The Hall–Kier alpha value is -1.00. The van der Waals surface area contributed by atoms with Gasteiger partial charge in [0.2, 0.25) is 5.91 Å². The van der Waals surface area contributed by atoms with Gasteiger partial charge in [0.1, 0.15) is 0 Å². The molecule has 98 valence electrons. The van der Waals surface area contributed by atoms with Gasteiger partial charge in [-0.3, -0.25) is 4.79 Å². The summed E-state index contributed by atoms with van der Waals surface area (Å²) in [5, 5.41) is 0. The average molecular weight is 264 g/mol. The maximum Gasteiger partial charge on any atom is 0.227 e. The van der Waals surface area contributed by atoms with Crippen LogP contribution >= 0.6 is 11.8 Å². The molecule has 1 heterocycles. The van der Waals surface area contributed by atoms with Crippen LogP contribution in [0.4, 0.5) is 0 Å². The van der Waals surface area contributed by atoms with Gasteiger partial charge in [0.25, 0.3) is 0 Å². The van der Waals surface area contributed by atoms with E-state index in [1.54, 1.807) is 0 Å². The summed E-state index contributed by atoms with van der Waals surface area (Å²) in [5.41, 5.74) is 6.96. The third-order valence-corrected chi connectivity index (χ3v) is 4.22. The number of benzene rings is 1. The van der Waals surface area contributed by atoms with E-state index in [1.807, 2.05) is 34.9 Å². The number of carbonyl (C=O) groups is 1. The predicted molar refractivity (Wildman–Crippen MR) is 76.6 cm³/mol. The third kappa shape index (κ3) is 3.50. The Bertz CT molecular complexity index is 377. The van der Waals surface area contributed by atoms with Gasteiger partial charge in [0, 0.05) is 31.1 Å². The first-order valence-electron chi connectivity index (χ1n) is 6.42. The fourth-order valence-corrected chi connectivity index (χ4v) is 3.12. The Balaban J connectivity index is 1.97. The second-order valence-electron chi connectivity index (χ2n) is 4.56. The van der Waals surface area contributed by atoms with Gasteiger partial charge in [-0.2, -0.15) is 11.8 Å². The summed E-state index contributed by atoms with van der Waals surface area (Å²) >= 11 is 1.91. The maximum absolute atomic E-state index is 12.4. The Morgan fingerprint density at radius 3 is 2.56 bits per heavy atom. The molecular formula is C14H20N2OS. The van der Waals surface area contributed by atoms with Crippen molar-refractivity contribution in [3.05, 3.63) is 35.9 Å².